The highest BCUT2D eigenvalue weighted by atomic mass is 35.5. The van der Waals surface area contributed by atoms with Crippen LogP contribution < -0.4 is 4.90 Å². The summed E-state index contributed by atoms with van der Waals surface area (Å²) in [5.41, 5.74) is 0.750. The van der Waals surface area contributed by atoms with Crippen LogP contribution in [0.1, 0.15) is 35.2 Å². The number of carbonyl (C=O) groups is 1. The van der Waals surface area contributed by atoms with Crippen LogP contribution in [0.15, 0.2) is 41.3 Å². The largest absolute Gasteiger partial charge is 0.367 e. The molecule has 174 valence electrons. The lowest BCUT2D eigenvalue weighted by molar-refractivity contribution is 0.0746. The van der Waals surface area contributed by atoms with Gasteiger partial charge in [0.1, 0.15) is 22.3 Å². The van der Waals surface area contributed by atoms with E-state index < -0.39 is 15.8 Å². The summed E-state index contributed by atoms with van der Waals surface area (Å²) >= 11 is 6.22. The fraction of sp³-hybridized carbons (Fsp3) is 0.391. The zero-order chi connectivity index (χ0) is 23.6. The number of hydrogen-bond donors (Lipinski definition) is 0. The molecule has 2 aromatic rings. The van der Waals surface area contributed by atoms with Gasteiger partial charge in [0.25, 0.3) is 5.91 Å². The van der Waals surface area contributed by atoms with E-state index in [1.807, 2.05) is 11.0 Å². The Bertz CT molecular complexity index is 1200. The molecule has 33 heavy (non-hydrogen) atoms. The topological polar surface area (TPSA) is 84.7 Å². The van der Waals surface area contributed by atoms with Gasteiger partial charge in [-0.1, -0.05) is 24.1 Å². The van der Waals surface area contributed by atoms with Crippen molar-refractivity contribution >= 4 is 33.2 Å². The molecule has 0 aromatic heterocycles. The Hall–Kier alpha value is -2.67. The molecule has 0 saturated carbocycles. The molecule has 0 radical (unpaired) electrons. The lowest BCUT2D eigenvalue weighted by Gasteiger charge is -2.36. The number of nitrogens with zero attached hydrogens (tertiary/aromatic N) is 4. The number of benzene rings is 2. The summed E-state index contributed by atoms with van der Waals surface area (Å²) in [5, 5.41) is 9.38. The summed E-state index contributed by atoms with van der Waals surface area (Å²) in [4.78, 5) is 16.6. The van der Waals surface area contributed by atoms with Crippen LogP contribution in [0.3, 0.4) is 0 Å². The number of halogens is 2. The van der Waals surface area contributed by atoms with Gasteiger partial charge in [0.15, 0.2) is 0 Å². The fourth-order valence-corrected chi connectivity index (χ4v) is 6.32. The van der Waals surface area contributed by atoms with E-state index in [-0.39, 0.29) is 27.0 Å². The molecule has 10 heteroatoms. The van der Waals surface area contributed by atoms with Crippen LogP contribution in [-0.2, 0) is 10.0 Å². The Morgan fingerprint density at radius 3 is 2.36 bits per heavy atom. The second-order valence-electron chi connectivity index (χ2n) is 8.13. The van der Waals surface area contributed by atoms with Gasteiger partial charge >= 0.3 is 0 Å². The van der Waals surface area contributed by atoms with Crippen LogP contribution in [0.25, 0.3) is 0 Å². The van der Waals surface area contributed by atoms with E-state index in [1.165, 1.54) is 28.6 Å². The van der Waals surface area contributed by atoms with Crippen molar-refractivity contribution in [3.63, 3.8) is 0 Å². The molecule has 2 aliphatic heterocycles. The van der Waals surface area contributed by atoms with Crippen molar-refractivity contribution in [2.75, 3.05) is 44.2 Å². The van der Waals surface area contributed by atoms with Crippen LogP contribution in [0.4, 0.5) is 10.1 Å². The minimum absolute atomic E-state index is 0.0115. The van der Waals surface area contributed by atoms with Crippen LogP contribution in [-0.4, -0.2) is 62.8 Å². The standard InChI is InChI=1S/C23H24ClFN4O3S/c24-19-8-7-17(15-22(19)33(31,32)29-9-2-1-3-10-29)23(30)28-13-11-27(12-14-28)21-6-4-5-20(25)18(21)16-26/h4-8,15H,1-3,9-14H2. The van der Waals surface area contributed by atoms with Crippen molar-refractivity contribution in [2.24, 2.45) is 0 Å². The van der Waals surface area contributed by atoms with Gasteiger partial charge in [-0.05, 0) is 43.2 Å². The Balaban J connectivity index is 1.50. The van der Waals surface area contributed by atoms with Crippen LogP contribution in [0.2, 0.25) is 5.02 Å². The number of piperazine rings is 1. The summed E-state index contributed by atoms with van der Waals surface area (Å²) in [6.07, 6.45) is 2.60. The number of amides is 1. The molecule has 0 atom stereocenters. The average molecular weight is 491 g/mol. The third-order valence-electron chi connectivity index (χ3n) is 6.12. The highest BCUT2D eigenvalue weighted by Crippen LogP contribution is 2.29. The molecule has 4 rings (SSSR count). The molecule has 0 bridgehead atoms. The van der Waals surface area contributed by atoms with Gasteiger partial charge < -0.3 is 9.80 Å². The lowest BCUT2D eigenvalue weighted by Crippen LogP contribution is -2.49. The monoisotopic (exact) mass is 490 g/mol. The maximum atomic E-state index is 14.0. The zero-order valence-corrected chi connectivity index (χ0v) is 19.6. The van der Waals surface area contributed by atoms with Crippen LogP contribution in [0, 0.1) is 17.1 Å². The van der Waals surface area contributed by atoms with Gasteiger partial charge in [0, 0.05) is 44.8 Å². The minimum Gasteiger partial charge on any atom is -0.367 e. The third-order valence-corrected chi connectivity index (χ3v) is 8.50. The van der Waals surface area contributed by atoms with Crippen molar-refractivity contribution in [2.45, 2.75) is 24.2 Å². The molecule has 2 saturated heterocycles. The maximum absolute atomic E-state index is 14.0. The van der Waals surface area contributed by atoms with Crippen molar-refractivity contribution in [3.8, 4) is 6.07 Å². The molecular formula is C23H24ClFN4O3S. The van der Waals surface area contributed by atoms with E-state index in [4.69, 9.17) is 11.6 Å². The van der Waals surface area contributed by atoms with Gasteiger partial charge in [0.2, 0.25) is 10.0 Å². The van der Waals surface area contributed by atoms with E-state index in [0.29, 0.717) is 45.0 Å². The highest BCUT2D eigenvalue weighted by molar-refractivity contribution is 7.89. The molecule has 0 N–H and O–H groups in total. The summed E-state index contributed by atoms with van der Waals surface area (Å²) in [7, 11) is -3.78. The molecule has 0 spiro atoms. The Labute approximate surface area is 198 Å². The Morgan fingerprint density at radius 2 is 1.70 bits per heavy atom. The first-order valence-corrected chi connectivity index (χ1v) is 12.7. The third kappa shape index (κ3) is 4.69. The number of piperidine rings is 1. The molecule has 1 amide bonds. The normalized spacial score (nSPS) is 17.6. The van der Waals surface area contributed by atoms with Gasteiger partial charge in [-0.15, -0.1) is 0 Å². The van der Waals surface area contributed by atoms with Crippen LogP contribution in [0.5, 0.6) is 0 Å². The molecule has 2 aromatic carbocycles. The van der Waals surface area contributed by atoms with Crippen molar-refractivity contribution in [3.05, 3.63) is 58.4 Å². The fourth-order valence-electron chi connectivity index (χ4n) is 4.30. The SMILES string of the molecule is N#Cc1c(F)cccc1N1CCN(C(=O)c2ccc(Cl)c(S(=O)(=O)N3CCCCC3)c2)CC1. The van der Waals surface area contributed by atoms with Crippen LogP contribution >= 0.6 is 11.6 Å². The molecule has 0 unspecified atom stereocenters. The maximum Gasteiger partial charge on any atom is 0.254 e. The Kier molecular flexibility index (Phi) is 6.88. The lowest BCUT2D eigenvalue weighted by atomic mass is 10.1. The molecule has 2 fully saturated rings. The number of anilines is 1. The van der Waals surface area contributed by atoms with Crippen molar-refractivity contribution in [1.82, 2.24) is 9.21 Å². The number of carbonyl (C=O) groups excluding carboxylic acids is 1. The van der Waals surface area contributed by atoms with Gasteiger partial charge in [-0.2, -0.15) is 9.57 Å². The van der Waals surface area contributed by atoms with E-state index in [2.05, 4.69) is 0 Å². The second kappa shape index (κ2) is 9.67. The first-order chi connectivity index (χ1) is 15.8. The number of hydrogen-bond acceptors (Lipinski definition) is 5. The predicted molar refractivity (Wildman–Crippen MR) is 123 cm³/mol. The number of rotatable bonds is 4. The predicted octanol–water partition coefficient (Wildman–Crippen LogP) is 3.49. The number of sulfonamides is 1. The van der Waals surface area contributed by atoms with Gasteiger partial charge in [0.05, 0.1) is 10.7 Å². The molecule has 2 heterocycles. The zero-order valence-electron chi connectivity index (χ0n) is 18.0. The molecular weight excluding hydrogens is 467 g/mol. The van der Waals surface area contributed by atoms with E-state index in [9.17, 15) is 22.9 Å². The average Bonchev–Trinajstić information content (AvgIpc) is 2.84. The molecule has 2 aliphatic rings. The van der Waals surface area contributed by atoms with Crippen molar-refractivity contribution in [1.29, 1.82) is 5.26 Å². The second-order valence-corrected chi connectivity index (χ2v) is 10.4. The van der Waals surface area contributed by atoms with Gasteiger partial charge in [-0.3, -0.25) is 4.79 Å². The summed E-state index contributed by atoms with van der Waals surface area (Å²) in [6, 6.07) is 10.7. The van der Waals surface area contributed by atoms with Crippen molar-refractivity contribution < 1.29 is 17.6 Å². The Morgan fingerprint density at radius 1 is 1.00 bits per heavy atom. The molecule has 7 nitrogen and oxygen atoms in total. The quantitative estimate of drug-likeness (QED) is 0.655. The summed E-state index contributed by atoms with van der Waals surface area (Å²) in [6.45, 7) is 2.47. The number of nitriles is 1. The summed E-state index contributed by atoms with van der Waals surface area (Å²) < 4.78 is 41.6. The smallest absolute Gasteiger partial charge is 0.254 e. The van der Waals surface area contributed by atoms with E-state index >= 15 is 0 Å². The summed E-state index contributed by atoms with van der Waals surface area (Å²) in [5.74, 6) is -0.863. The first-order valence-electron chi connectivity index (χ1n) is 10.9. The molecule has 0 aliphatic carbocycles. The highest BCUT2D eigenvalue weighted by Gasteiger charge is 2.30. The first kappa shape index (κ1) is 23.5. The van der Waals surface area contributed by atoms with E-state index in [0.717, 1.165) is 19.3 Å². The van der Waals surface area contributed by atoms with E-state index in [1.54, 1.807) is 17.0 Å². The minimum atomic E-state index is -3.78. The van der Waals surface area contributed by atoms with Gasteiger partial charge in [-0.25, -0.2) is 12.8 Å².